The van der Waals surface area contributed by atoms with Crippen LogP contribution in [0.3, 0.4) is 0 Å². The predicted octanol–water partition coefficient (Wildman–Crippen LogP) is 1.48. The predicted molar refractivity (Wildman–Crippen MR) is 54.1 cm³/mol. The number of carbonyl (C=O) groups excluding carboxylic acids is 1. The van der Waals surface area contributed by atoms with Crippen LogP contribution in [0.25, 0.3) is 0 Å². The number of halogens is 1. The number of aromatic nitrogens is 1. The van der Waals surface area contributed by atoms with Crippen molar-refractivity contribution in [2.75, 3.05) is 0 Å². The number of hydrogen-bond acceptors (Lipinski definition) is 3. The maximum Gasteiger partial charge on any atom is 0.254 e. The Labute approximate surface area is 89.6 Å². The van der Waals surface area contributed by atoms with Crippen molar-refractivity contribution >= 4 is 21.8 Å². The summed E-state index contributed by atoms with van der Waals surface area (Å²) < 4.78 is 6.23. The van der Waals surface area contributed by atoms with Gasteiger partial charge in [0.05, 0.1) is 10.6 Å². The normalized spacial score (nSPS) is 15.2. The molecule has 0 bridgehead atoms. The van der Waals surface area contributed by atoms with E-state index in [0.717, 1.165) is 12.8 Å². The summed E-state index contributed by atoms with van der Waals surface area (Å²) in [4.78, 5) is 14.9. The van der Waals surface area contributed by atoms with Crippen molar-refractivity contribution in [1.29, 1.82) is 0 Å². The van der Waals surface area contributed by atoms with Gasteiger partial charge in [-0.1, -0.05) is 0 Å². The van der Waals surface area contributed by atoms with Gasteiger partial charge in [-0.25, -0.2) is 0 Å². The smallest absolute Gasteiger partial charge is 0.254 e. The molecule has 0 spiro atoms. The highest BCUT2D eigenvalue weighted by Gasteiger charge is 2.26. The van der Waals surface area contributed by atoms with Crippen LogP contribution in [-0.4, -0.2) is 17.0 Å². The number of amides is 1. The minimum atomic E-state index is -0.519. The van der Waals surface area contributed by atoms with Crippen LogP contribution < -0.4 is 10.5 Å². The minimum Gasteiger partial charge on any atom is -0.488 e. The molecular weight excluding hydrogens is 248 g/mol. The highest BCUT2D eigenvalue weighted by molar-refractivity contribution is 9.10. The third-order valence-electron chi connectivity index (χ3n) is 1.93. The standard InChI is InChI=1S/C9H9BrN2O2/c10-7-4-12-3-6(9(11)13)8(7)14-5-1-2-5/h3-5H,1-2H2,(H2,11,13). The van der Waals surface area contributed by atoms with E-state index in [0.29, 0.717) is 15.8 Å². The Morgan fingerprint density at radius 1 is 1.57 bits per heavy atom. The number of nitrogens with two attached hydrogens (primary N) is 1. The summed E-state index contributed by atoms with van der Waals surface area (Å²) in [5.74, 6) is -0.00977. The summed E-state index contributed by atoms with van der Waals surface area (Å²) in [6.45, 7) is 0. The van der Waals surface area contributed by atoms with Crippen molar-refractivity contribution in [3.8, 4) is 5.75 Å². The zero-order chi connectivity index (χ0) is 10.1. The van der Waals surface area contributed by atoms with Gasteiger partial charge in [0.2, 0.25) is 0 Å². The lowest BCUT2D eigenvalue weighted by Crippen LogP contribution is -2.14. The molecule has 1 heterocycles. The van der Waals surface area contributed by atoms with Gasteiger partial charge in [-0.05, 0) is 28.8 Å². The van der Waals surface area contributed by atoms with Crippen LogP contribution in [0.1, 0.15) is 23.2 Å². The van der Waals surface area contributed by atoms with Crippen LogP contribution in [-0.2, 0) is 0 Å². The summed E-state index contributed by atoms with van der Waals surface area (Å²) in [5, 5.41) is 0. The summed E-state index contributed by atoms with van der Waals surface area (Å²) in [5.41, 5.74) is 5.53. The molecule has 0 aromatic carbocycles. The van der Waals surface area contributed by atoms with Crippen LogP contribution in [0.4, 0.5) is 0 Å². The summed E-state index contributed by atoms with van der Waals surface area (Å²) >= 11 is 3.28. The Morgan fingerprint density at radius 2 is 2.29 bits per heavy atom. The fraction of sp³-hybridized carbons (Fsp3) is 0.333. The summed E-state index contributed by atoms with van der Waals surface area (Å²) in [6.07, 6.45) is 5.31. The first-order valence-corrected chi connectivity index (χ1v) is 5.07. The molecule has 14 heavy (non-hydrogen) atoms. The average Bonchev–Trinajstić information content (AvgIpc) is 2.91. The highest BCUT2D eigenvalue weighted by Crippen LogP contribution is 2.33. The maximum atomic E-state index is 11.1. The number of hydrogen-bond donors (Lipinski definition) is 1. The zero-order valence-corrected chi connectivity index (χ0v) is 8.95. The van der Waals surface area contributed by atoms with Crippen LogP contribution >= 0.6 is 15.9 Å². The van der Waals surface area contributed by atoms with E-state index in [1.165, 1.54) is 6.20 Å². The Bertz CT molecular complexity index is 377. The molecule has 0 saturated heterocycles. The SMILES string of the molecule is NC(=O)c1cncc(Br)c1OC1CC1. The first-order valence-electron chi connectivity index (χ1n) is 4.28. The van der Waals surface area contributed by atoms with Gasteiger partial charge in [0.25, 0.3) is 5.91 Å². The van der Waals surface area contributed by atoms with Gasteiger partial charge in [-0.3, -0.25) is 9.78 Å². The molecule has 1 saturated carbocycles. The monoisotopic (exact) mass is 256 g/mol. The lowest BCUT2D eigenvalue weighted by atomic mass is 10.2. The second-order valence-corrected chi connectivity index (χ2v) is 4.03. The lowest BCUT2D eigenvalue weighted by Gasteiger charge is -2.09. The van der Waals surface area contributed by atoms with Gasteiger partial charge in [0.15, 0.2) is 0 Å². The number of ether oxygens (including phenoxy) is 1. The van der Waals surface area contributed by atoms with Crippen LogP contribution in [0.5, 0.6) is 5.75 Å². The van der Waals surface area contributed by atoms with Gasteiger partial charge < -0.3 is 10.5 Å². The molecule has 1 aliphatic rings. The van der Waals surface area contributed by atoms with Crippen molar-refractivity contribution in [2.24, 2.45) is 5.73 Å². The summed E-state index contributed by atoms with van der Waals surface area (Å²) in [6, 6.07) is 0. The van der Waals surface area contributed by atoms with E-state index in [1.54, 1.807) is 6.20 Å². The second kappa shape index (κ2) is 3.57. The van der Waals surface area contributed by atoms with Crippen molar-refractivity contribution < 1.29 is 9.53 Å². The molecule has 74 valence electrons. The van der Waals surface area contributed by atoms with Gasteiger partial charge in [0, 0.05) is 12.4 Å². The van der Waals surface area contributed by atoms with E-state index in [4.69, 9.17) is 10.5 Å². The van der Waals surface area contributed by atoms with Crippen molar-refractivity contribution in [2.45, 2.75) is 18.9 Å². The Balaban J connectivity index is 2.36. The van der Waals surface area contributed by atoms with E-state index in [-0.39, 0.29) is 6.10 Å². The molecule has 5 heteroatoms. The Morgan fingerprint density at radius 3 is 2.86 bits per heavy atom. The van der Waals surface area contributed by atoms with Crippen LogP contribution in [0.2, 0.25) is 0 Å². The third-order valence-corrected chi connectivity index (χ3v) is 2.49. The fourth-order valence-corrected chi connectivity index (χ4v) is 1.50. The van der Waals surface area contributed by atoms with E-state index in [9.17, 15) is 4.79 Å². The first kappa shape index (κ1) is 9.45. The lowest BCUT2D eigenvalue weighted by molar-refractivity contribution is 0.0995. The zero-order valence-electron chi connectivity index (χ0n) is 7.37. The fourth-order valence-electron chi connectivity index (χ4n) is 1.07. The molecule has 2 rings (SSSR count). The van der Waals surface area contributed by atoms with Gasteiger partial charge in [0.1, 0.15) is 11.3 Å². The Hall–Kier alpha value is -1.10. The number of pyridine rings is 1. The molecule has 0 aliphatic heterocycles. The Kier molecular flexibility index (Phi) is 2.41. The molecule has 0 atom stereocenters. The van der Waals surface area contributed by atoms with E-state index in [1.807, 2.05) is 0 Å². The molecule has 1 aromatic rings. The number of rotatable bonds is 3. The van der Waals surface area contributed by atoms with Crippen LogP contribution in [0, 0.1) is 0 Å². The van der Waals surface area contributed by atoms with Gasteiger partial charge in [-0.2, -0.15) is 0 Å². The van der Waals surface area contributed by atoms with E-state index < -0.39 is 5.91 Å². The molecule has 1 amide bonds. The average molecular weight is 257 g/mol. The second-order valence-electron chi connectivity index (χ2n) is 3.18. The number of nitrogens with zero attached hydrogens (tertiary/aromatic N) is 1. The molecule has 1 aromatic heterocycles. The van der Waals surface area contributed by atoms with Gasteiger partial charge >= 0.3 is 0 Å². The molecule has 2 N–H and O–H groups in total. The first-order chi connectivity index (χ1) is 6.68. The van der Waals surface area contributed by atoms with Crippen molar-refractivity contribution in [3.05, 3.63) is 22.4 Å². The molecule has 4 nitrogen and oxygen atoms in total. The summed E-state index contributed by atoms with van der Waals surface area (Å²) in [7, 11) is 0. The highest BCUT2D eigenvalue weighted by atomic mass is 79.9. The number of primary amides is 1. The topological polar surface area (TPSA) is 65.2 Å². The molecule has 0 unspecified atom stereocenters. The van der Waals surface area contributed by atoms with Crippen LogP contribution in [0.15, 0.2) is 16.9 Å². The van der Waals surface area contributed by atoms with E-state index in [2.05, 4.69) is 20.9 Å². The molecule has 0 radical (unpaired) electrons. The molecule has 1 aliphatic carbocycles. The van der Waals surface area contributed by atoms with Gasteiger partial charge in [-0.15, -0.1) is 0 Å². The van der Waals surface area contributed by atoms with Crippen molar-refractivity contribution in [1.82, 2.24) is 4.98 Å². The largest absolute Gasteiger partial charge is 0.488 e. The van der Waals surface area contributed by atoms with E-state index >= 15 is 0 Å². The minimum absolute atomic E-state index is 0.229. The third kappa shape index (κ3) is 1.87. The number of carbonyl (C=O) groups is 1. The maximum absolute atomic E-state index is 11.1. The molecular formula is C9H9BrN2O2. The molecule has 1 fully saturated rings. The quantitative estimate of drug-likeness (QED) is 0.891. The van der Waals surface area contributed by atoms with Crippen molar-refractivity contribution in [3.63, 3.8) is 0 Å².